The third-order valence-corrected chi connectivity index (χ3v) is 4.45. The van der Waals surface area contributed by atoms with E-state index in [-0.39, 0.29) is 5.48 Å². The molecule has 0 saturated heterocycles. The van der Waals surface area contributed by atoms with Gasteiger partial charge in [-0.1, -0.05) is 0 Å². The summed E-state index contributed by atoms with van der Waals surface area (Å²) in [5.41, 5.74) is 5.36. The lowest BCUT2D eigenvalue weighted by Gasteiger charge is -2.23. The van der Waals surface area contributed by atoms with Crippen LogP contribution in [-0.2, 0) is 13.3 Å². The van der Waals surface area contributed by atoms with Crippen molar-refractivity contribution in [2.45, 2.75) is 12.5 Å². The summed E-state index contributed by atoms with van der Waals surface area (Å²) >= 11 is 0. The van der Waals surface area contributed by atoms with Gasteiger partial charge in [-0.15, -0.1) is 0 Å². The average Bonchev–Trinajstić information content (AvgIpc) is 2.08. The topological polar surface area (TPSA) is 85.2 Å². The van der Waals surface area contributed by atoms with Crippen molar-refractivity contribution in [3.05, 3.63) is 0 Å². The highest BCUT2D eigenvalue weighted by atomic mass is 28.4. The van der Waals surface area contributed by atoms with Gasteiger partial charge in [0.2, 0.25) is 0 Å². The smallest absolute Gasteiger partial charge is 0.412 e. The molecule has 0 amide bonds. The first-order valence-electron chi connectivity index (χ1n) is 3.60. The summed E-state index contributed by atoms with van der Waals surface area (Å²) in [7, 11) is 2.50. The number of hydrogen-bond acceptors (Lipinski definition) is 4. The molecule has 6 heteroatoms. The van der Waals surface area contributed by atoms with Gasteiger partial charge >= 0.3 is 8.80 Å². The largest absolute Gasteiger partial charge is 0.500 e. The summed E-state index contributed by atoms with van der Waals surface area (Å²) in [5.74, 6) is 0. The summed E-state index contributed by atoms with van der Waals surface area (Å²) in [5, 5.41) is 0. The van der Waals surface area contributed by atoms with Crippen LogP contribution in [0.5, 0.6) is 0 Å². The zero-order chi connectivity index (χ0) is 8.74. The lowest BCUT2D eigenvalue weighted by Crippen LogP contribution is -2.42. The van der Waals surface area contributed by atoms with E-state index in [4.69, 9.17) is 19.0 Å². The van der Waals surface area contributed by atoms with Crippen molar-refractivity contribution in [3.8, 4) is 0 Å². The third kappa shape index (κ3) is 4.15. The Kier molecular flexibility index (Phi) is 9.27. The summed E-state index contributed by atoms with van der Waals surface area (Å²) in [6.07, 6.45) is 0.877. The molecule has 0 aliphatic rings. The maximum absolute atomic E-state index is 5.36. The van der Waals surface area contributed by atoms with Crippen molar-refractivity contribution in [1.29, 1.82) is 0 Å². The second-order valence-corrected chi connectivity index (χ2v) is 5.28. The minimum Gasteiger partial charge on any atom is -0.412 e. The molecule has 5 nitrogen and oxygen atoms in total. The van der Waals surface area contributed by atoms with Crippen LogP contribution < -0.4 is 5.73 Å². The normalized spacial score (nSPS) is 11.0. The van der Waals surface area contributed by atoms with Gasteiger partial charge in [0.15, 0.2) is 0 Å². The molecular formula is C6H19NO4Si. The Bertz CT molecular complexity index is 91.3. The van der Waals surface area contributed by atoms with E-state index in [1.807, 2.05) is 0 Å². The molecule has 4 N–H and O–H groups in total. The van der Waals surface area contributed by atoms with Crippen LogP contribution in [0.4, 0.5) is 0 Å². The van der Waals surface area contributed by atoms with Gasteiger partial charge < -0.3 is 24.5 Å². The van der Waals surface area contributed by atoms with Crippen LogP contribution in [0, 0.1) is 0 Å². The lowest BCUT2D eigenvalue weighted by molar-refractivity contribution is 0.123. The number of hydrogen-bond donors (Lipinski definition) is 1. The van der Waals surface area contributed by atoms with E-state index in [0.29, 0.717) is 6.54 Å². The third-order valence-electron chi connectivity index (χ3n) is 1.62. The highest BCUT2D eigenvalue weighted by Crippen LogP contribution is 2.13. The molecule has 0 radical (unpaired) electrons. The van der Waals surface area contributed by atoms with Crippen molar-refractivity contribution in [3.63, 3.8) is 0 Å². The van der Waals surface area contributed by atoms with Crippen LogP contribution in [0.2, 0.25) is 6.04 Å². The first-order chi connectivity index (χ1) is 5.24. The van der Waals surface area contributed by atoms with E-state index >= 15 is 0 Å². The van der Waals surface area contributed by atoms with E-state index in [2.05, 4.69) is 0 Å². The molecule has 0 fully saturated rings. The molecule has 0 bridgehead atoms. The molecule has 0 aliphatic carbocycles. The Morgan fingerprint density at radius 3 is 1.75 bits per heavy atom. The standard InChI is InChI=1S/C6H17NO3Si.H2O/c1-8-11(9-2,10-3)6-4-5-7;/h4-7H2,1-3H3;1H2. The molecule has 0 aromatic rings. The Morgan fingerprint density at radius 2 is 1.50 bits per heavy atom. The van der Waals surface area contributed by atoms with Crippen LogP contribution in [0.3, 0.4) is 0 Å². The molecule has 0 unspecified atom stereocenters. The second kappa shape index (κ2) is 7.65. The van der Waals surface area contributed by atoms with Gasteiger partial charge in [-0.05, 0) is 13.0 Å². The van der Waals surface area contributed by atoms with Crippen molar-refractivity contribution in [1.82, 2.24) is 0 Å². The first kappa shape index (κ1) is 14.5. The van der Waals surface area contributed by atoms with Gasteiger partial charge in [0.25, 0.3) is 0 Å². The maximum atomic E-state index is 5.36. The quantitative estimate of drug-likeness (QED) is 0.575. The Morgan fingerprint density at radius 1 is 1.08 bits per heavy atom. The van der Waals surface area contributed by atoms with Crippen molar-refractivity contribution in [2.24, 2.45) is 5.73 Å². The number of rotatable bonds is 6. The van der Waals surface area contributed by atoms with Crippen LogP contribution in [0.25, 0.3) is 0 Å². The Labute approximate surface area is 74.5 Å². The molecule has 0 spiro atoms. The zero-order valence-corrected chi connectivity index (χ0v) is 8.92. The molecule has 0 rings (SSSR count). The molecule has 0 saturated carbocycles. The van der Waals surface area contributed by atoms with Gasteiger partial charge in [0.05, 0.1) is 0 Å². The van der Waals surface area contributed by atoms with Crippen molar-refractivity contribution in [2.75, 3.05) is 27.9 Å². The van der Waals surface area contributed by atoms with E-state index in [1.165, 1.54) is 0 Å². The fourth-order valence-electron chi connectivity index (χ4n) is 0.875. The monoisotopic (exact) mass is 197 g/mol. The Hall–Kier alpha value is 0.0169. The van der Waals surface area contributed by atoms with Crippen molar-refractivity contribution >= 4 is 8.80 Å². The molecule has 0 aliphatic heterocycles. The molecule has 12 heavy (non-hydrogen) atoms. The van der Waals surface area contributed by atoms with E-state index < -0.39 is 8.80 Å². The van der Waals surface area contributed by atoms with Gasteiger partial charge in [-0.3, -0.25) is 0 Å². The van der Waals surface area contributed by atoms with Crippen molar-refractivity contribution < 1.29 is 18.8 Å². The number of nitrogens with two attached hydrogens (primary N) is 1. The fourth-order valence-corrected chi connectivity index (χ4v) is 2.62. The van der Waals surface area contributed by atoms with Gasteiger partial charge in [0, 0.05) is 27.4 Å². The van der Waals surface area contributed by atoms with Gasteiger partial charge in [-0.25, -0.2) is 0 Å². The summed E-state index contributed by atoms with van der Waals surface area (Å²) in [4.78, 5) is 0. The Balaban J connectivity index is 0. The SMILES string of the molecule is CO[Si](CCCN)(OC)OC.O. The predicted molar refractivity (Wildman–Crippen MR) is 48.9 cm³/mol. The van der Waals surface area contributed by atoms with Crippen LogP contribution in [0.1, 0.15) is 6.42 Å². The van der Waals surface area contributed by atoms with Crippen LogP contribution in [0.15, 0.2) is 0 Å². The lowest BCUT2D eigenvalue weighted by atomic mass is 10.5. The minimum atomic E-state index is -2.32. The second-order valence-electron chi connectivity index (χ2n) is 2.19. The molecule has 76 valence electrons. The average molecular weight is 197 g/mol. The summed E-state index contributed by atoms with van der Waals surface area (Å²) in [6, 6.07) is 0.785. The van der Waals surface area contributed by atoms with Gasteiger partial charge in [-0.2, -0.15) is 0 Å². The molecular weight excluding hydrogens is 178 g/mol. The van der Waals surface area contributed by atoms with E-state index in [9.17, 15) is 0 Å². The fraction of sp³-hybridized carbons (Fsp3) is 1.00. The minimum absolute atomic E-state index is 0. The van der Waals surface area contributed by atoms with E-state index in [0.717, 1.165) is 12.5 Å². The summed E-state index contributed by atoms with van der Waals surface area (Å²) in [6.45, 7) is 0.644. The zero-order valence-electron chi connectivity index (χ0n) is 7.92. The van der Waals surface area contributed by atoms with Crippen LogP contribution in [-0.4, -0.2) is 42.2 Å². The molecule has 0 atom stereocenters. The van der Waals surface area contributed by atoms with E-state index in [1.54, 1.807) is 21.3 Å². The highest BCUT2D eigenvalue weighted by molar-refractivity contribution is 6.60. The summed E-state index contributed by atoms with van der Waals surface area (Å²) < 4.78 is 15.5. The maximum Gasteiger partial charge on any atom is 0.500 e. The first-order valence-corrected chi connectivity index (χ1v) is 5.53. The van der Waals surface area contributed by atoms with Gasteiger partial charge in [0.1, 0.15) is 0 Å². The molecule has 0 aromatic carbocycles. The predicted octanol–water partition coefficient (Wildman–Crippen LogP) is -0.611. The molecule has 0 aromatic heterocycles. The van der Waals surface area contributed by atoms with Crippen LogP contribution >= 0.6 is 0 Å². The molecule has 0 heterocycles. The highest BCUT2D eigenvalue weighted by Gasteiger charge is 2.36.